The van der Waals surface area contributed by atoms with E-state index in [2.05, 4.69) is 454 Å². The van der Waals surface area contributed by atoms with Gasteiger partial charge in [-0.05, 0) is 239 Å². The summed E-state index contributed by atoms with van der Waals surface area (Å²) in [5.41, 5.74) is 40.5. The van der Waals surface area contributed by atoms with Crippen LogP contribution in [0.2, 0.25) is 0 Å². The van der Waals surface area contributed by atoms with Crippen LogP contribution in [0.4, 0.5) is 17.1 Å². The van der Waals surface area contributed by atoms with Gasteiger partial charge in [-0.3, -0.25) is 9.78 Å². The molecule has 26 rings (SSSR count). The fourth-order valence-electron chi connectivity index (χ4n) is 22.1. The number of rotatable bonds is 12. The molecule has 145 heavy (non-hydrogen) atoms. The van der Waals surface area contributed by atoms with Crippen molar-refractivity contribution in [3.63, 3.8) is 0 Å². The minimum Gasteiger partial charge on any atom is -0.868 e. The van der Waals surface area contributed by atoms with E-state index in [1.165, 1.54) is 153 Å². The summed E-state index contributed by atoms with van der Waals surface area (Å²) in [4.78, 5) is 35.7. The molecule has 4 aliphatic rings. The van der Waals surface area contributed by atoms with E-state index in [4.69, 9.17) is 29.5 Å². The number of hydrogen-bond donors (Lipinski definition) is 1. The van der Waals surface area contributed by atoms with E-state index in [0.29, 0.717) is 28.9 Å². The maximum absolute atomic E-state index is 11.1. The Kier molecular flexibility index (Phi) is 26.6. The molecule has 4 aromatic heterocycles. The van der Waals surface area contributed by atoms with Gasteiger partial charge in [0.1, 0.15) is 11.2 Å². The van der Waals surface area contributed by atoms with Gasteiger partial charge in [0.05, 0.1) is 16.7 Å². The van der Waals surface area contributed by atoms with E-state index in [0.717, 1.165) is 95.2 Å². The first-order valence-electron chi connectivity index (χ1n) is 49.1. The average Bonchev–Trinajstić information content (AvgIpc) is 1.49. The smallest absolute Gasteiger partial charge is 0.868 e. The number of furan rings is 1. The molecule has 1 atom stereocenters. The number of nitrogens with one attached hydrogen (secondary N) is 1. The third kappa shape index (κ3) is 18.1. The molecule has 22 aromatic rings. The van der Waals surface area contributed by atoms with E-state index >= 15 is 0 Å². The molecule has 1 unspecified atom stereocenters. The number of H-pyrrole nitrogens is 1. The number of aromatic nitrogens is 5. The number of carbonyl (C=O) groups excluding carboxylic acids is 1. The topological polar surface area (TPSA) is 142 Å². The molecule has 4 aliphatic carbocycles. The van der Waals surface area contributed by atoms with Crippen LogP contribution in [0.15, 0.2) is 435 Å². The van der Waals surface area contributed by atoms with Gasteiger partial charge in [-0.1, -0.05) is 371 Å². The third-order valence-corrected chi connectivity index (χ3v) is 28.6. The number of benzene rings is 18. The van der Waals surface area contributed by atoms with E-state index in [1.807, 2.05) is 18.2 Å². The van der Waals surface area contributed by atoms with Gasteiger partial charge in [0, 0.05) is 104 Å². The van der Waals surface area contributed by atoms with Gasteiger partial charge in [-0.2, -0.15) is 0 Å². The number of aryl methyl sites for hydroxylation is 2. The van der Waals surface area contributed by atoms with Crippen molar-refractivity contribution >= 4 is 77.4 Å². The van der Waals surface area contributed by atoms with Crippen LogP contribution in [0.3, 0.4) is 0 Å². The second kappa shape index (κ2) is 40.0. The summed E-state index contributed by atoms with van der Waals surface area (Å²) in [5, 5.41) is 26.4. The van der Waals surface area contributed by atoms with E-state index < -0.39 is 5.41 Å². The zero-order valence-corrected chi connectivity index (χ0v) is 85.3. The Hall–Kier alpha value is -16.1. The summed E-state index contributed by atoms with van der Waals surface area (Å²) >= 11 is 0. The maximum atomic E-state index is 11.1. The molecule has 12 heteroatoms. The van der Waals surface area contributed by atoms with Gasteiger partial charge in [-0.25, -0.2) is 19.9 Å². The number of aliphatic hydroxyl groups is 1. The molecule has 18 aromatic carbocycles. The van der Waals surface area contributed by atoms with Gasteiger partial charge in [0.15, 0.2) is 29.5 Å². The fourth-order valence-corrected chi connectivity index (χ4v) is 22.1. The van der Waals surface area contributed by atoms with Crippen LogP contribution in [-0.2, 0) is 47.6 Å². The molecular formula is C133H105IrLiN6O4. The predicted octanol–water partition coefficient (Wildman–Crippen LogP) is 29.7. The molecule has 0 bridgehead atoms. The first-order chi connectivity index (χ1) is 69.6. The number of nitrogens with zero attached hydrogens (tertiary/aromatic N) is 5. The van der Waals surface area contributed by atoms with Crippen molar-refractivity contribution in [1.29, 1.82) is 0 Å². The molecule has 1 radical (unpaired) electrons. The van der Waals surface area contributed by atoms with Crippen molar-refractivity contribution in [3.8, 4) is 118 Å². The van der Waals surface area contributed by atoms with Crippen molar-refractivity contribution in [3.05, 3.63) is 498 Å². The minimum absolute atomic E-state index is 0. The van der Waals surface area contributed by atoms with E-state index in [1.54, 1.807) is 18.3 Å². The summed E-state index contributed by atoms with van der Waals surface area (Å²) in [7, 11) is 0. The Balaban J connectivity index is 0.000000129. The Morgan fingerprint density at radius 3 is 1.46 bits per heavy atom. The first-order valence-corrected chi connectivity index (χ1v) is 49.1. The van der Waals surface area contributed by atoms with Crippen LogP contribution in [0.25, 0.3) is 167 Å². The SMILES string of the molecule is CC(=O)C=C(C)O.CC1(C)c2ccccc2-c2ccc(-c3nc(-c4ccc5c(c4)C(C)(C)c4ccccc4-5)nc(-c4ccc5ccccc5c4)n3)cc21.Cc1[c-]c(-c2ccc3c(CC(C)C)cccc3n2)cc(C)c1.[Ir].[Li+].[O-]c1cccc2ccc[nH+]c12.c1ccc(-c2ccc(N(c3ccc(-c4ccccc4)cc3)c3ccc4c(c3)C3(c5ccccc5-4)c4ccccc4-c4c3ccc3c4oc4ccccc43)cc2)cc1. The van der Waals surface area contributed by atoms with Crippen molar-refractivity contribution < 1.29 is 63.4 Å². The molecule has 2 N–H and O–H groups in total. The molecule has 0 aliphatic heterocycles. The Morgan fingerprint density at radius 2 is 0.876 bits per heavy atom. The van der Waals surface area contributed by atoms with Crippen LogP contribution in [0.5, 0.6) is 5.75 Å². The maximum Gasteiger partial charge on any atom is 1.00 e. The fraction of sp³-hybridized carbons (Fsp3) is 0.113. The second-order valence-electron chi connectivity index (χ2n) is 39.2. The van der Waals surface area contributed by atoms with Crippen molar-refractivity contribution in [2.75, 3.05) is 4.90 Å². The summed E-state index contributed by atoms with van der Waals surface area (Å²) in [6, 6.07) is 151. The first kappa shape index (κ1) is 96.4. The number of pyridine rings is 2. The third-order valence-electron chi connectivity index (χ3n) is 28.6. The number of para-hydroxylation sites is 2. The zero-order valence-electron chi connectivity index (χ0n) is 82.9. The molecule has 4 heterocycles. The van der Waals surface area contributed by atoms with Crippen LogP contribution in [-0.4, -0.2) is 30.8 Å². The molecule has 0 saturated heterocycles. The van der Waals surface area contributed by atoms with Crippen LogP contribution in [0, 0.1) is 25.8 Å². The molecular weight excluding hydrogens is 1940 g/mol. The second-order valence-corrected chi connectivity index (χ2v) is 39.2. The molecule has 701 valence electrons. The predicted molar refractivity (Wildman–Crippen MR) is 585 cm³/mol. The van der Waals surface area contributed by atoms with Gasteiger partial charge in [-0.15, -0.1) is 34.9 Å². The van der Waals surface area contributed by atoms with Gasteiger partial charge < -0.3 is 19.5 Å². The number of anilines is 3. The normalized spacial score (nSPS) is 13.6. The number of aliphatic hydroxyl groups excluding tert-OH is 1. The number of hydrogen-bond acceptors (Lipinski definition) is 9. The van der Waals surface area contributed by atoms with Crippen molar-refractivity contribution in [1.82, 2.24) is 19.9 Å². The zero-order chi connectivity index (χ0) is 97.9. The quantitative estimate of drug-likeness (QED) is 0.0547. The van der Waals surface area contributed by atoms with Gasteiger partial charge in [0.25, 0.3) is 0 Å². The van der Waals surface area contributed by atoms with E-state index in [9.17, 15) is 9.90 Å². The molecule has 0 amide bonds. The van der Waals surface area contributed by atoms with Gasteiger partial charge in [0.2, 0.25) is 5.52 Å². The number of aromatic amines is 1. The average molecular weight is 2050 g/mol. The molecule has 1 spiro atoms. The number of carbonyl (C=O) groups is 1. The standard InChI is InChI=1S/C55H35NO.C43H33N3.C21H22N.C9H7NO.C5H8O2.Ir.Li/c1-3-13-36(14-4-1)38-23-27-40(28-24-38)56(41-29-25-39(26-30-41)37-15-5-2-6-16-37)42-31-32-44-43-17-7-10-20-48(43)55(51(44)35-42)49-21-11-8-19-47(49)53-50(55)34-33-46-45-18-9-12-22-52(45)57-54(46)53;1-42(2)35-15-9-7-13-31(35)33-21-19-29(24-37(33)42)40-44-39(28-18-17-26-11-5-6-12-27(26)23-28)45-41(46-40)30-20-22-34-32-14-8-10-16-36(32)43(3,4)38(34)25-30;1-14(2)10-17-6-5-7-21-19(17)8-9-20(22-21)18-12-15(3)11-16(4)13-18;11-8-5-1-3-7-4-2-6-10-9(7)8;1-4(6)3-5(2)7;;/h1-35H;5-25H,1-4H3;5-9,11-12,14H,10H2,1-4H3;1-6,11H;3,6H,1-2H3;;/q;;-1;;;;+1. The van der Waals surface area contributed by atoms with Crippen molar-refractivity contribution in [2.45, 2.75) is 91.9 Å². The number of ketones is 1. The Labute approximate surface area is 872 Å². The molecule has 10 nitrogen and oxygen atoms in total. The Bertz CT molecular complexity index is 8540. The largest absolute Gasteiger partial charge is 1.00 e. The van der Waals surface area contributed by atoms with Crippen LogP contribution in [0.1, 0.15) is 117 Å². The number of fused-ring (bicyclic) bond motifs is 23. The van der Waals surface area contributed by atoms with Crippen LogP contribution < -0.4 is 33.9 Å². The van der Waals surface area contributed by atoms with Gasteiger partial charge >= 0.3 is 18.9 Å². The molecule has 0 saturated carbocycles. The summed E-state index contributed by atoms with van der Waals surface area (Å²) in [5.74, 6) is 2.68. The number of allylic oxidation sites excluding steroid dienone is 2. The molecule has 0 fully saturated rings. The summed E-state index contributed by atoms with van der Waals surface area (Å²) < 4.78 is 6.78. The van der Waals surface area contributed by atoms with Crippen LogP contribution >= 0.6 is 0 Å². The summed E-state index contributed by atoms with van der Waals surface area (Å²) in [6.45, 7) is 20.8. The minimum atomic E-state index is -0.527. The summed E-state index contributed by atoms with van der Waals surface area (Å²) in [6.07, 6.45) is 4.01. The van der Waals surface area contributed by atoms with Crippen molar-refractivity contribution in [2.24, 2.45) is 5.92 Å². The monoisotopic (exact) mass is 2050 g/mol. The Morgan fingerprint density at radius 1 is 0.407 bits per heavy atom. The van der Waals surface area contributed by atoms with E-state index in [-0.39, 0.29) is 67.1 Å².